The van der Waals surface area contributed by atoms with Gasteiger partial charge in [0.1, 0.15) is 12.4 Å². The van der Waals surface area contributed by atoms with Crippen molar-refractivity contribution in [3.63, 3.8) is 0 Å². The molecular formula is C15H18N4O4S. The van der Waals surface area contributed by atoms with Gasteiger partial charge in [-0.3, -0.25) is 4.79 Å². The minimum absolute atomic E-state index is 0.151. The quantitative estimate of drug-likeness (QED) is 0.769. The summed E-state index contributed by atoms with van der Waals surface area (Å²) in [6, 6.07) is 5.23. The molecule has 0 aromatic carbocycles. The largest absolute Gasteiger partial charge is 0.475 e. The zero-order chi connectivity index (χ0) is 17.2. The summed E-state index contributed by atoms with van der Waals surface area (Å²) < 4.78 is 30.4. The lowest BCUT2D eigenvalue weighted by Gasteiger charge is -2.34. The standard InChI is InChI=1S/C15H18N4O4S/c1-24(21,22)10-15(20)18-7-12-6-16-11-19(12)13(8-18)9-23-14-4-2-3-5-17-14/h2-6,11,13H,7-10H2,1H3/t13-/m0/s1. The van der Waals surface area contributed by atoms with Gasteiger partial charge >= 0.3 is 0 Å². The number of carbonyl (C=O) groups is 1. The number of fused-ring (bicyclic) bond motifs is 1. The zero-order valence-electron chi connectivity index (χ0n) is 13.2. The lowest BCUT2D eigenvalue weighted by atomic mass is 10.2. The lowest BCUT2D eigenvalue weighted by Crippen LogP contribution is -2.44. The van der Waals surface area contributed by atoms with Crippen LogP contribution in [-0.4, -0.2) is 58.9 Å². The highest BCUT2D eigenvalue weighted by Crippen LogP contribution is 2.22. The van der Waals surface area contributed by atoms with Gasteiger partial charge in [-0.1, -0.05) is 6.07 Å². The number of aromatic nitrogens is 3. The number of hydrogen-bond acceptors (Lipinski definition) is 6. The Kier molecular flexibility index (Phi) is 4.52. The predicted octanol–water partition coefficient (Wildman–Crippen LogP) is 0.285. The van der Waals surface area contributed by atoms with E-state index in [2.05, 4.69) is 9.97 Å². The number of rotatable bonds is 5. The summed E-state index contributed by atoms with van der Waals surface area (Å²) in [7, 11) is -3.36. The molecule has 0 fully saturated rings. The Labute approximate surface area is 140 Å². The molecule has 0 saturated carbocycles. The molecule has 1 aliphatic rings. The average Bonchev–Trinajstić information content (AvgIpc) is 3.00. The van der Waals surface area contributed by atoms with Gasteiger partial charge in [-0.05, 0) is 6.07 Å². The number of pyridine rings is 1. The molecule has 0 N–H and O–H groups in total. The highest BCUT2D eigenvalue weighted by atomic mass is 32.2. The van der Waals surface area contributed by atoms with Crippen LogP contribution in [0.25, 0.3) is 0 Å². The minimum atomic E-state index is -3.36. The fraction of sp³-hybridized carbons (Fsp3) is 0.400. The number of nitrogens with zero attached hydrogens (tertiary/aromatic N) is 4. The van der Waals surface area contributed by atoms with Crippen LogP contribution in [-0.2, 0) is 21.2 Å². The highest BCUT2D eigenvalue weighted by molar-refractivity contribution is 7.91. The van der Waals surface area contributed by atoms with Crippen LogP contribution < -0.4 is 4.74 Å². The van der Waals surface area contributed by atoms with Crippen LogP contribution >= 0.6 is 0 Å². The van der Waals surface area contributed by atoms with Gasteiger partial charge in [0.2, 0.25) is 11.8 Å². The van der Waals surface area contributed by atoms with Gasteiger partial charge < -0.3 is 14.2 Å². The van der Waals surface area contributed by atoms with Crippen LogP contribution in [0.5, 0.6) is 5.88 Å². The van der Waals surface area contributed by atoms with Crippen LogP contribution in [0.2, 0.25) is 0 Å². The van der Waals surface area contributed by atoms with Crippen molar-refractivity contribution in [2.45, 2.75) is 12.6 Å². The fourth-order valence-corrected chi connectivity index (χ4v) is 3.27. The summed E-state index contributed by atoms with van der Waals surface area (Å²) in [6.07, 6.45) is 6.06. The Bertz CT molecular complexity index is 819. The molecule has 1 amide bonds. The first-order valence-corrected chi connectivity index (χ1v) is 9.48. The predicted molar refractivity (Wildman–Crippen MR) is 86.1 cm³/mol. The second-order valence-corrected chi connectivity index (χ2v) is 7.91. The smallest absolute Gasteiger partial charge is 0.238 e. The van der Waals surface area contributed by atoms with E-state index < -0.39 is 21.5 Å². The van der Waals surface area contributed by atoms with E-state index >= 15 is 0 Å². The lowest BCUT2D eigenvalue weighted by molar-refractivity contribution is -0.130. The molecule has 8 nitrogen and oxygen atoms in total. The number of imidazole rings is 1. The highest BCUT2D eigenvalue weighted by Gasteiger charge is 2.29. The summed E-state index contributed by atoms with van der Waals surface area (Å²) in [5, 5.41) is 0. The van der Waals surface area contributed by atoms with Crippen molar-refractivity contribution >= 4 is 15.7 Å². The van der Waals surface area contributed by atoms with E-state index in [1.807, 2.05) is 10.6 Å². The second kappa shape index (κ2) is 6.60. The van der Waals surface area contributed by atoms with Crippen LogP contribution in [0.3, 0.4) is 0 Å². The van der Waals surface area contributed by atoms with Crippen molar-refractivity contribution in [2.75, 3.05) is 25.2 Å². The zero-order valence-corrected chi connectivity index (χ0v) is 14.0. The summed E-state index contributed by atoms with van der Waals surface area (Å²) >= 11 is 0. The van der Waals surface area contributed by atoms with Gasteiger partial charge in [0.15, 0.2) is 9.84 Å². The molecule has 9 heteroatoms. The van der Waals surface area contributed by atoms with Crippen LogP contribution in [0, 0.1) is 0 Å². The Morgan fingerprint density at radius 2 is 2.25 bits per heavy atom. The average molecular weight is 350 g/mol. The monoisotopic (exact) mass is 350 g/mol. The minimum Gasteiger partial charge on any atom is -0.475 e. The van der Waals surface area contributed by atoms with Crippen molar-refractivity contribution in [3.05, 3.63) is 42.6 Å². The van der Waals surface area contributed by atoms with E-state index in [4.69, 9.17) is 4.74 Å². The molecule has 0 bridgehead atoms. The molecule has 1 atom stereocenters. The van der Waals surface area contributed by atoms with Gasteiger partial charge in [-0.25, -0.2) is 18.4 Å². The summed E-state index contributed by atoms with van der Waals surface area (Å²) in [6.45, 7) is 1.02. The molecule has 1 aliphatic heterocycles. The Hall–Kier alpha value is -2.42. The van der Waals surface area contributed by atoms with Crippen molar-refractivity contribution in [1.82, 2.24) is 19.4 Å². The maximum absolute atomic E-state index is 12.2. The molecule has 2 aromatic rings. The molecule has 2 aromatic heterocycles. The van der Waals surface area contributed by atoms with Crippen LogP contribution in [0.15, 0.2) is 36.9 Å². The van der Waals surface area contributed by atoms with Gasteiger partial charge in [-0.15, -0.1) is 0 Å². The number of amides is 1. The van der Waals surface area contributed by atoms with E-state index in [1.165, 1.54) is 4.90 Å². The van der Waals surface area contributed by atoms with E-state index in [1.54, 1.807) is 30.9 Å². The topological polar surface area (TPSA) is 94.4 Å². The Balaban J connectivity index is 1.73. The third kappa shape index (κ3) is 3.91. The maximum atomic E-state index is 12.2. The van der Waals surface area contributed by atoms with Crippen molar-refractivity contribution in [1.29, 1.82) is 0 Å². The summed E-state index contributed by atoms with van der Waals surface area (Å²) in [5.74, 6) is -0.402. The van der Waals surface area contributed by atoms with Crippen LogP contribution in [0.1, 0.15) is 11.7 Å². The molecule has 24 heavy (non-hydrogen) atoms. The Morgan fingerprint density at radius 1 is 1.42 bits per heavy atom. The first-order valence-electron chi connectivity index (χ1n) is 7.42. The number of carbonyl (C=O) groups excluding carboxylic acids is 1. The Morgan fingerprint density at radius 3 is 2.96 bits per heavy atom. The molecule has 3 rings (SSSR count). The van der Waals surface area contributed by atoms with E-state index in [9.17, 15) is 13.2 Å². The van der Waals surface area contributed by atoms with Gasteiger partial charge in [-0.2, -0.15) is 0 Å². The molecule has 0 spiro atoms. The number of sulfone groups is 1. The molecule has 0 saturated heterocycles. The van der Waals surface area contributed by atoms with Gasteiger partial charge in [0.05, 0.1) is 24.6 Å². The molecule has 128 valence electrons. The molecule has 3 heterocycles. The van der Waals surface area contributed by atoms with Crippen molar-refractivity contribution in [2.24, 2.45) is 0 Å². The SMILES string of the molecule is CS(=O)(=O)CC(=O)N1Cc2cncn2[C@H](COc2ccccn2)C1. The molecule has 0 aliphatic carbocycles. The summed E-state index contributed by atoms with van der Waals surface area (Å²) in [4.78, 5) is 22.0. The molecule has 0 unspecified atom stereocenters. The third-order valence-corrected chi connectivity index (χ3v) is 4.49. The molecular weight excluding hydrogens is 332 g/mol. The van der Waals surface area contributed by atoms with E-state index in [0.717, 1.165) is 11.9 Å². The summed E-state index contributed by atoms with van der Waals surface area (Å²) in [5.41, 5.74) is 0.845. The normalized spacial score (nSPS) is 17.4. The van der Waals surface area contributed by atoms with E-state index in [0.29, 0.717) is 25.6 Å². The van der Waals surface area contributed by atoms with Crippen molar-refractivity contribution < 1.29 is 17.9 Å². The number of ether oxygens (including phenoxy) is 1. The van der Waals surface area contributed by atoms with Crippen LogP contribution in [0.4, 0.5) is 0 Å². The molecule has 0 radical (unpaired) electrons. The van der Waals surface area contributed by atoms with Gasteiger partial charge in [0.25, 0.3) is 0 Å². The maximum Gasteiger partial charge on any atom is 0.238 e. The first-order chi connectivity index (χ1) is 11.4. The van der Waals surface area contributed by atoms with Crippen molar-refractivity contribution in [3.8, 4) is 5.88 Å². The first kappa shape index (κ1) is 16.4. The van der Waals surface area contributed by atoms with Gasteiger partial charge in [0, 0.05) is 31.3 Å². The second-order valence-electron chi connectivity index (χ2n) is 5.77. The fourth-order valence-electron chi connectivity index (χ4n) is 2.64. The third-order valence-electron chi connectivity index (χ3n) is 3.72. The van der Waals surface area contributed by atoms with E-state index in [-0.39, 0.29) is 6.04 Å². The number of hydrogen-bond donors (Lipinski definition) is 0.